The monoisotopic (exact) mass is 259 g/mol. The molecule has 0 radical (unpaired) electrons. The lowest BCUT2D eigenvalue weighted by atomic mass is 10.1. The number of ether oxygens (including phenoxy) is 1. The maximum atomic E-state index is 13.4. The Kier molecular flexibility index (Phi) is 5.89. The Hall–Kier alpha value is -0.640. The third-order valence-corrected chi connectivity index (χ3v) is 2.80. The van der Waals surface area contributed by atoms with Gasteiger partial charge in [-0.1, -0.05) is 30.7 Å². The van der Waals surface area contributed by atoms with Crippen molar-refractivity contribution in [2.24, 2.45) is 0 Å². The number of likely N-dealkylation sites (N-methyl/N-ethyl adjacent to an activating group) is 1. The zero-order valence-electron chi connectivity index (χ0n) is 10.5. The second-order valence-corrected chi connectivity index (χ2v) is 4.51. The van der Waals surface area contributed by atoms with Gasteiger partial charge in [0.05, 0.1) is 23.8 Å². The summed E-state index contributed by atoms with van der Waals surface area (Å²) in [6.45, 7) is 7.19. The van der Waals surface area contributed by atoms with Gasteiger partial charge in [-0.3, -0.25) is 0 Å². The van der Waals surface area contributed by atoms with Crippen molar-refractivity contribution in [2.75, 3.05) is 13.2 Å². The van der Waals surface area contributed by atoms with E-state index in [1.54, 1.807) is 6.07 Å². The van der Waals surface area contributed by atoms with E-state index in [2.05, 4.69) is 5.32 Å². The van der Waals surface area contributed by atoms with Gasteiger partial charge in [-0.25, -0.2) is 4.39 Å². The Labute approximate surface area is 107 Å². The van der Waals surface area contributed by atoms with Crippen LogP contribution in [0, 0.1) is 5.82 Å². The molecule has 0 spiro atoms. The summed E-state index contributed by atoms with van der Waals surface area (Å²) in [5.74, 6) is -0.392. The molecule has 0 amide bonds. The van der Waals surface area contributed by atoms with Crippen molar-refractivity contribution in [1.82, 2.24) is 5.32 Å². The molecule has 96 valence electrons. The van der Waals surface area contributed by atoms with Gasteiger partial charge in [0.2, 0.25) is 0 Å². The average Bonchev–Trinajstić information content (AvgIpc) is 2.28. The van der Waals surface area contributed by atoms with E-state index in [1.807, 2.05) is 26.8 Å². The highest BCUT2D eigenvalue weighted by atomic mass is 35.5. The normalized spacial score (nSPS) is 13.1. The van der Waals surface area contributed by atoms with Crippen molar-refractivity contribution in [1.29, 1.82) is 0 Å². The van der Waals surface area contributed by atoms with Crippen LogP contribution in [0.1, 0.15) is 32.4 Å². The van der Waals surface area contributed by atoms with E-state index in [0.29, 0.717) is 6.61 Å². The van der Waals surface area contributed by atoms with Crippen molar-refractivity contribution in [3.63, 3.8) is 0 Å². The Bertz CT molecular complexity index is 357. The molecule has 0 aliphatic carbocycles. The van der Waals surface area contributed by atoms with Crippen LogP contribution in [0.4, 0.5) is 4.39 Å². The highest BCUT2D eigenvalue weighted by Crippen LogP contribution is 2.26. The first-order valence-electron chi connectivity index (χ1n) is 5.85. The molecule has 0 heterocycles. The SMILES string of the molecule is CCNC(COC(C)C)c1cccc(F)c1Cl. The van der Waals surface area contributed by atoms with Gasteiger partial charge < -0.3 is 10.1 Å². The molecule has 1 unspecified atom stereocenters. The number of benzene rings is 1. The van der Waals surface area contributed by atoms with Crippen molar-refractivity contribution >= 4 is 11.6 Å². The summed E-state index contributed by atoms with van der Waals surface area (Å²) < 4.78 is 18.9. The van der Waals surface area contributed by atoms with Gasteiger partial charge in [-0.15, -0.1) is 0 Å². The summed E-state index contributed by atoms with van der Waals surface area (Å²) in [4.78, 5) is 0. The molecule has 0 saturated heterocycles. The molecule has 0 fully saturated rings. The second kappa shape index (κ2) is 6.94. The first kappa shape index (κ1) is 14.4. The zero-order chi connectivity index (χ0) is 12.8. The van der Waals surface area contributed by atoms with E-state index in [4.69, 9.17) is 16.3 Å². The smallest absolute Gasteiger partial charge is 0.142 e. The molecule has 17 heavy (non-hydrogen) atoms. The third-order valence-electron chi connectivity index (χ3n) is 2.40. The first-order chi connectivity index (χ1) is 8.06. The molecule has 0 aliphatic rings. The van der Waals surface area contributed by atoms with Crippen LogP contribution in [-0.4, -0.2) is 19.3 Å². The summed E-state index contributed by atoms with van der Waals surface area (Å²) >= 11 is 5.97. The van der Waals surface area contributed by atoms with E-state index in [-0.39, 0.29) is 17.2 Å². The lowest BCUT2D eigenvalue weighted by molar-refractivity contribution is 0.0614. The highest BCUT2D eigenvalue weighted by Gasteiger charge is 2.16. The molecule has 1 rings (SSSR count). The molecule has 1 atom stereocenters. The average molecular weight is 260 g/mol. The maximum absolute atomic E-state index is 13.4. The summed E-state index contributed by atoms with van der Waals surface area (Å²) in [5, 5.41) is 3.42. The van der Waals surface area contributed by atoms with Gasteiger partial charge in [0, 0.05) is 0 Å². The van der Waals surface area contributed by atoms with Crippen molar-refractivity contribution in [3.8, 4) is 0 Å². The van der Waals surface area contributed by atoms with E-state index >= 15 is 0 Å². The number of hydrogen-bond acceptors (Lipinski definition) is 2. The topological polar surface area (TPSA) is 21.3 Å². The predicted molar refractivity (Wildman–Crippen MR) is 68.9 cm³/mol. The van der Waals surface area contributed by atoms with E-state index < -0.39 is 5.82 Å². The quantitative estimate of drug-likeness (QED) is 0.844. The minimum atomic E-state index is -0.392. The molecule has 0 aromatic heterocycles. The van der Waals surface area contributed by atoms with Gasteiger partial charge in [-0.05, 0) is 32.0 Å². The molecule has 2 nitrogen and oxygen atoms in total. The standard InChI is InChI=1S/C13H19ClFNO/c1-4-16-12(8-17-9(2)3)10-6-5-7-11(15)13(10)14/h5-7,9,12,16H,4,8H2,1-3H3. The van der Waals surface area contributed by atoms with Crippen LogP contribution in [0.15, 0.2) is 18.2 Å². The predicted octanol–water partition coefficient (Wildman–Crippen LogP) is 3.55. The molecule has 1 aromatic carbocycles. The summed E-state index contributed by atoms with van der Waals surface area (Å²) in [6.07, 6.45) is 0.142. The highest BCUT2D eigenvalue weighted by molar-refractivity contribution is 6.31. The fourth-order valence-electron chi connectivity index (χ4n) is 1.58. The summed E-state index contributed by atoms with van der Waals surface area (Å²) in [5.41, 5.74) is 0.745. The second-order valence-electron chi connectivity index (χ2n) is 4.14. The molecule has 1 aromatic rings. The zero-order valence-corrected chi connectivity index (χ0v) is 11.2. The maximum Gasteiger partial charge on any atom is 0.142 e. The van der Waals surface area contributed by atoms with Crippen LogP contribution in [0.25, 0.3) is 0 Å². The number of hydrogen-bond donors (Lipinski definition) is 1. The van der Waals surface area contributed by atoms with Crippen LogP contribution in [0.3, 0.4) is 0 Å². The molecular weight excluding hydrogens is 241 g/mol. The van der Waals surface area contributed by atoms with Gasteiger partial charge >= 0.3 is 0 Å². The largest absolute Gasteiger partial charge is 0.377 e. The van der Waals surface area contributed by atoms with Gasteiger partial charge in [-0.2, -0.15) is 0 Å². The Balaban J connectivity index is 2.85. The Morgan fingerprint density at radius 1 is 1.41 bits per heavy atom. The molecule has 0 aliphatic heterocycles. The molecule has 4 heteroatoms. The fourth-order valence-corrected chi connectivity index (χ4v) is 1.84. The van der Waals surface area contributed by atoms with E-state index in [0.717, 1.165) is 12.1 Å². The lowest BCUT2D eigenvalue weighted by Crippen LogP contribution is -2.27. The number of rotatable bonds is 6. The van der Waals surface area contributed by atoms with Crippen molar-refractivity contribution < 1.29 is 9.13 Å². The van der Waals surface area contributed by atoms with Crippen molar-refractivity contribution in [2.45, 2.75) is 32.9 Å². The van der Waals surface area contributed by atoms with Crippen LogP contribution >= 0.6 is 11.6 Å². The van der Waals surface area contributed by atoms with Gasteiger partial charge in [0.1, 0.15) is 5.82 Å². The first-order valence-corrected chi connectivity index (χ1v) is 6.23. The van der Waals surface area contributed by atoms with Crippen LogP contribution in [0.2, 0.25) is 5.02 Å². The molecule has 0 saturated carbocycles. The molecular formula is C13H19ClFNO. The Morgan fingerprint density at radius 3 is 2.71 bits per heavy atom. The minimum absolute atomic E-state index is 0.0781. The minimum Gasteiger partial charge on any atom is -0.377 e. The van der Waals surface area contributed by atoms with Crippen LogP contribution < -0.4 is 5.32 Å². The fraction of sp³-hybridized carbons (Fsp3) is 0.538. The van der Waals surface area contributed by atoms with E-state index in [9.17, 15) is 4.39 Å². The third kappa shape index (κ3) is 4.26. The van der Waals surface area contributed by atoms with E-state index in [1.165, 1.54) is 6.07 Å². The lowest BCUT2D eigenvalue weighted by Gasteiger charge is -2.21. The summed E-state index contributed by atoms with van der Waals surface area (Å²) in [6, 6.07) is 4.77. The van der Waals surface area contributed by atoms with Crippen LogP contribution in [0.5, 0.6) is 0 Å². The van der Waals surface area contributed by atoms with Gasteiger partial charge in [0.15, 0.2) is 0 Å². The molecule has 0 bridgehead atoms. The number of nitrogens with one attached hydrogen (secondary N) is 1. The Morgan fingerprint density at radius 2 is 2.12 bits per heavy atom. The van der Waals surface area contributed by atoms with Crippen LogP contribution in [-0.2, 0) is 4.74 Å². The van der Waals surface area contributed by atoms with Crippen molar-refractivity contribution in [3.05, 3.63) is 34.6 Å². The van der Waals surface area contributed by atoms with Gasteiger partial charge in [0.25, 0.3) is 0 Å². The summed E-state index contributed by atoms with van der Waals surface area (Å²) in [7, 11) is 0. The molecule has 1 N–H and O–H groups in total. The number of halogens is 2.